The minimum absolute atomic E-state index is 0.00107. The minimum Gasteiger partial charge on any atom is -0.461 e. The number of carbonyl (C=O) groups excluding carboxylic acids is 1. The van der Waals surface area contributed by atoms with Crippen LogP contribution in [0.3, 0.4) is 0 Å². The highest BCUT2D eigenvalue weighted by molar-refractivity contribution is 7.23. The molecule has 2 aromatic carbocycles. The molecule has 5 heterocycles. The summed E-state index contributed by atoms with van der Waals surface area (Å²) in [6, 6.07) is 6.37. The minimum atomic E-state index is -1.02. The summed E-state index contributed by atoms with van der Waals surface area (Å²) in [6.45, 7) is 1.02. The fourth-order valence-electron chi connectivity index (χ4n) is 6.51. The summed E-state index contributed by atoms with van der Waals surface area (Å²) in [5, 5.41) is 26.6. The van der Waals surface area contributed by atoms with Crippen LogP contribution >= 0.6 is 22.9 Å². The lowest BCUT2D eigenvalue weighted by Gasteiger charge is -2.31. The van der Waals surface area contributed by atoms with Gasteiger partial charge in [0, 0.05) is 36.3 Å². The van der Waals surface area contributed by atoms with Crippen LogP contribution in [0.4, 0.5) is 28.8 Å². The number of thiophene rings is 1. The first-order chi connectivity index (χ1) is 22.5. The number of hydrogen-bond donors (Lipinski definition) is 1. The Hall–Kier alpha value is -5.03. The van der Waals surface area contributed by atoms with E-state index in [2.05, 4.69) is 20.2 Å². The van der Waals surface area contributed by atoms with Crippen LogP contribution in [-0.4, -0.2) is 74.3 Å². The molecule has 0 bridgehead atoms. The van der Waals surface area contributed by atoms with E-state index in [0.717, 1.165) is 34.9 Å². The van der Waals surface area contributed by atoms with Crippen molar-refractivity contribution in [3.63, 3.8) is 0 Å². The Morgan fingerprint density at radius 1 is 1.30 bits per heavy atom. The maximum Gasteiger partial charge on any atom is 0.367 e. The highest BCUT2D eigenvalue weighted by Gasteiger charge is 2.49. The molecule has 7 rings (SSSR count). The number of halogens is 4. The van der Waals surface area contributed by atoms with Gasteiger partial charge in [-0.05, 0) is 37.1 Å². The number of carbonyl (C=O) groups is 1. The smallest absolute Gasteiger partial charge is 0.367 e. The normalized spacial score (nSPS) is 19.2. The third-order valence-electron chi connectivity index (χ3n) is 8.65. The lowest BCUT2D eigenvalue weighted by molar-refractivity contribution is 0.107. The average Bonchev–Trinajstić information content (AvgIpc) is 3.82. The van der Waals surface area contributed by atoms with Gasteiger partial charge in [0.25, 0.3) is 0 Å². The van der Waals surface area contributed by atoms with Crippen LogP contribution in [0.15, 0.2) is 24.4 Å². The van der Waals surface area contributed by atoms with Gasteiger partial charge in [-0.15, -0.1) is 16.4 Å². The van der Waals surface area contributed by atoms with Crippen molar-refractivity contribution in [2.45, 2.75) is 31.0 Å². The summed E-state index contributed by atoms with van der Waals surface area (Å²) in [5.41, 5.74) is 4.90. The number of fused-ring (bicyclic) bond motifs is 3. The zero-order valence-corrected chi connectivity index (χ0v) is 26.0. The number of aromatic nitrogens is 5. The molecule has 12 nitrogen and oxygen atoms in total. The first-order valence-electron chi connectivity index (χ1n) is 14.3. The third kappa shape index (κ3) is 4.88. The molecule has 2 aliphatic heterocycles. The number of nitrogen functional groups attached to an aromatic ring is 1. The van der Waals surface area contributed by atoms with Crippen LogP contribution in [0.25, 0.3) is 32.1 Å². The standard InChI is InChI=1S/C30H22ClF3N10O2S/c1-42(29(45)44-38-11-15(9-35)41-44)27-17-7-19(31)22(16-3-4-20(33)25-21(16)18(10-36)26(37)47-25)23(34)24(17)39-28(40-27)46-13-30-5-2-6-43(30)12-14(32)8-30/h3-4,7,11,14H,2,5-6,8,12-13,37H2,1H3/t14-,30+/m1/s1. The summed E-state index contributed by atoms with van der Waals surface area (Å²) in [7, 11) is 1.34. The highest BCUT2D eigenvalue weighted by Crippen LogP contribution is 2.46. The predicted octanol–water partition coefficient (Wildman–Crippen LogP) is 5.42. The second kappa shape index (κ2) is 11.3. The lowest BCUT2D eigenvalue weighted by atomic mass is 9.95. The monoisotopic (exact) mass is 678 g/mol. The van der Waals surface area contributed by atoms with Gasteiger partial charge >= 0.3 is 12.0 Å². The molecule has 0 saturated carbocycles. The Kier molecular flexibility index (Phi) is 7.39. The third-order valence-corrected chi connectivity index (χ3v) is 9.98. The number of nitrogens with two attached hydrogens (primary N) is 1. The van der Waals surface area contributed by atoms with E-state index in [9.17, 15) is 18.8 Å². The number of nitrogens with zero attached hydrogens (tertiary/aromatic N) is 9. The molecule has 0 spiro atoms. The Morgan fingerprint density at radius 2 is 2.11 bits per heavy atom. The molecular weight excluding hydrogens is 657 g/mol. The summed E-state index contributed by atoms with van der Waals surface area (Å²) in [5.74, 6) is -1.73. The largest absolute Gasteiger partial charge is 0.461 e. The molecule has 3 aromatic heterocycles. The lowest BCUT2D eigenvalue weighted by Crippen LogP contribution is -2.43. The number of amides is 1. The van der Waals surface area contributed by atoms with Crippen LogP contribution < -0.4 is 15.4 Å². The quantitative estimate of drug-likeness (QED) is 0.254. The molecule has 5 aromatic rings. The summed E-state index contributed by atoms with van der Waals surface area (Å²) in [6.07, 6.45) is 1.90. The SMILES string of the molecule is CN(C(=O)n1ncc(C#N)n1)c1nc(OC[C@@]23CCCN2C[C@H](F)C3)nc2c(F)c(-c3ccc(F)c4sc(N)c(C#N)c34)c(Cl)cc12. The van der Waals surface area contributed by atoms with Gasteiger partial charge in [-0.1, -0.05) is 22.5 Å². The van der Waals surface area contributed by atoms with Crippen molar-refractivity contribution in [1.29, 1.82) is 10.5 Å². The van der Waals surface area contributed by atoms with Crippen molar-refractivity contribution < 1.29 is 22.7 Å². The van der Waals surface area contributed by atoms with E-state index >= 15 is 4.39 Å². The number of nitriles is 2. The number of anilines is 2. The van der Waals surface area contributed by atoms with Crippen molar-refractivity contribution >= 4 is 60.8 Å². The molecule has 17 heteroatoms. The van der Waals surface area contributed by atoms with Crippen LogP contribution in [0, 0.1) is 34.3 Å². The van der Waals surface area contributed by atoms with Gasteiger partial charge in [-0.25, -0.2) is 18.0 Å². The van der Waals surface area contributed by atoms with E-state index in [1.54, 1.807) is 6.07 Å². The molecule has 2 fully saturated rings. The molecular formula is C30H22ClF3N10O2S. The van der Waals surface area contributed by atoms with Gasteiger partial charge < -0.3 is 10.5 Å². The van der Waals surface area contributed by atoms with Crippen molar-refractivity contribution in [1.82, 2.24) is 29.9 Å². The van der Waals surface area contributed by atoms with E-state index in [0.29, 0.717) is 17.8 Å². The van der Waals surface area contributed by atoms with Crippen LogP contribution in [0.2, 0.25) is 5.02 Å². The molecule has 2 atom stereocenters. The van der Waals surface area contributed by atoms with E-state index in [1.165, 1.54) is 19.2 Å². The Bertz CT molecular complexity index is 2210. The number of ether oxygens (including phenoxy) is 1. The Morgan fingerprint density at radius 3 is 2.85 bits per heavy atom. The maximum absolute atomic E-state index is 16.8. The molecule has 2 aliphatic rings. The van der Waals surface area contributed by atoms with Crippen molar-refractivity contribution in [3.05, 3.63) is 52.3 Å². The number of alkyl halides is 1. The van der Waals surface area contributed by atoms with Crippen LogP contribution in [0.5, 0.6) is 6.01 Å². The van der Waals surface area contributed by atoms with Gasteiger partial charge in [0.05, 0.1) is 27.0 Å². The molecule has 2 N–H and O–H groups in total. The molecule has 238 valence electrons. The van der Waals surface area contributed by atoms with E-state index in [1.807, 2.05) is 11.0 Å². The number of benzene rings is 2. The van der Waals surface area contributed by atoms with Crippen LogP contribution in [-0.2, 0) is 0 Å². The van der Waals surface area contributed by atoms with Gasteiger partial charge in [0.15, 0.2) is 17.3 Å². The zero-order chi connectivity index (χ0) is 33.2. The van der Waals surface area contributed by atoms with E-state index in [-0.39, 0.29) is 84.8 Å². The summed E-state index contributed by atoms with van der Waals surface area (Å²) < 4.78 is 52.2. The van der Waals surface area contributed by atoms with Gasteiger partial charge in [-0.3, -0.25) is 9.80 Å². The first-order valence-corrected chi connectivity index (χ1v) is 15.5. The van der Waals surface area contributed by atoms with Gasteiger partial charge in [0.1, 0.15) is 41.3 Å². The summed E-state index contributed by atoms with van der Waals surface area (Å²) >= 11 is 7.55. The maximum atomic E-state index is 16.8. The average molecular weight is 679 g/mol. The molecule has 2 saturated heterocycles. The fraction of sp³-hybridized carbons (Fsp3) is 0.300. The summed E-state index contributed by atoms with van der Waals surface area (Å²) in [4.78, 5) is 25.9. The second-order valence-corrected chi connectivity index (χ2v) is 12.8. The van der Waals surface area contributed by atoms with Crippen molar-refractivity contribution in [3.8, 4) is 29.3 Å². The Labute approximate surface area is 273 Å². The number of rotatable bonds is 5. The first kappa shape index (κ1) is 30.6. The zero-order valence-electron chi connectivity index (χ0n) is 24.5. The van der Waals surface area contributed by atoms with Crippen molar-refractivity contribution in [2.75, 3.05) is 37.4 Å². The second-order valence-electron chi connectivity index (χ2n) is 11.4. The van der Waals surface area contributed by atoms with Gasteiger partial charge in [-0.2, -0.15) is 25.6 Å². The molecule has 0 unspecified atom stereocenters. The Balaban J connectivity index is 1.40. The molecule has 47 heavy (non-hydrogen) atoms. The molecule has 0 radical (unpaired) electrons. The van der Waals surface area contributed by atoms with E-state index < -0.39 is 29.4 Å². The molecule has 0 aliphatic carbocycles. The fourth-order valence-corrected chi connectivity index (χ4v) is 7.76. The van der Waals surface area contributed by atoms with Gasteiger partial charge in [0.2, 0.25) is 0 Å². The highest BCUT2D eigenvalue weighted by atomic mass is 35.5. The predicted molar refractivity (Wildman–Crippen MR) is 167 cm³/mol. The van der Waals surface area contributed by atoms with E-state index in [4.69, 9.17) is 27.3 Å². The number of hydrogen-bond acceptors (Lipinski definition) is 11. The molecule has 1 amide bonds. The van der Waals surface area contributed by atoms with Crippen molar-refractivity contribution in [2.24, 2.45) is 0 Å². The van der Waals surface area contributed by atoms with Crippen LogP contribution in [0.1, 0.15) is 30.5 Å². The topological polar surface area (TPSA) is 163 Å².